The normalized spacial score (nSPS) is 17.1. The van der Waals surface area contributed by atoms with Crippen molar-refractivity contribution >= 4 is 5.97 Å². The molecule has 136 valence electrons. The molecule has 1 saturated heterocycles. The van der Waals surface area contributed by atoms with E-state index in [1.165, 1.54) is 0 Å². The predicted octanol–water partition coefficient (Wildman–Crippen LogP) is 3.57. The Hall–Kier alpha value is -3.12. The molecule has 1 aliphatic heterocycles. The molecule has 0 radical (unpaired) electrons. The molecule has 6 heteroatoms. The summed E-state index contributed by atoms with van der Waals surface area (Å²) in [6.07, 6.45) is 9.32. The maximum atomic E-state index is 11.4. The van der Waals surface area contributed by atoms with E-state index in [9.17, 15) is 9.90 Å². The lowest BCUT2D eigenvalue weighted by Crippen LogP contribution is -2.23. The Morgan fingerprint density at radius 2 is 2.00 bits per heavy atom. The molecule has 0 amide bonds. The van der Waals surface area contributed by atoms with Gasteiger partial charge in [-0.1, -0.05) is 24.3 Å². The number of aromatic carboxylic acids is 1. The topological polar surface area (TPSA) is 79.2 Å². The van der Waals surface area contributed by atoms with Crippen molar-refractivity contribution in [2.24, 2.45) is 0 Å². The van der Waals surface area contributed by atoms with Gasteiger partial charge in [0.25, 0.3) is 0 Å². The van der Waals surface area contributed by atoms with Gasteiger partial charge in [-0.15, -0.1) is 0 Å². The molecule has 3 heterocycles. The zero-order valence-corrected chi connectivity index (χ0v) is 14.8. The summed E-state index contributed by atoms with van der Waals surface area (Å²) in [5, 5.41) is 9.36. The molecule has 0 bridgehead atoms. The third kappa shape index (κ3) is 3.71. The molecule has 0 unspecified atom stereocenters. The Morgan fingerprint density at radius 3 is 2.74 bits per heavy atom. The molecule has 0 saturated carbocycles. The third-order valence-corrected chi connectivity index (χ3v) is 4.93. The molecule has 1 N–H and O–H groups in total. The third-order valence-electron chi connectivity index (χ3n) is 4.93. The van der Waals surface area contributed by atoms with Gasteiger partial charge < -0.3 is 5.11 Å². The molecular formula is C21H20N4O2. The van der Waals surface area contributed by atoms with Crippen LogP contribution in [-0.2, 0) is 6.54 Å². The highest BCUT2D eigenvalue weighted by Gasteiger charge is 2.27. The van der Waals surface area contributed by atoms with Gasteiger partial charge in [-0.2, -0.15) is 0 Å². The minimum atomic E-state index is -0.944. The minimum Gasteiger partial charge on any atom is -0.478 e. The van der Waals surface area contributed by atoms with Crippen LogP contribution in [0.15, 0.2) is 61.2 Å². The highest BCUT2D eigenvalue weighted by atomic mass is 16.4. The molecule has 3 aromatic rings. The fourth-order valence-electron chi connectivity index (χ4n) is 3.64. The lowest BCUT2D eigenvalue weighted by Gasteiger charge is -2.23. The number of nitrogens with zero attached hydrogens (tertiary/aromatic N) is 4. The number of carboxylic acids is 1. The van der Waals surface area contributed by atoms with Crippen LogP contribution >= 0.6 is 0 Å². The van der Waals surface area contributed by atoms with E-state index in [-0.39, 0.29) is 11.6 Å². The molecule has 1 aromatic carbocycles. The Kier molecular flexibility index (Phi) is 4.89. The van der Waals surface area contributed by atoms with E-state index in [0.29, 0.717) is 11.3 Å². The first-order valence-electron chi connectivity index (χ1n) is 9.00. The number of pyridine rings is 1. The molecule has 0 spiro atoms. The van der Waals surface area contributed by atoms with Crippen molar-refractivity contribution in [1.82, 2.24) is 19.9 Å². The number of carboxylic acid groups (broad SMARTS) is 1. The van der Waals surface area contributed by atoms with E-state index in [4.69, 9.17) is 0 Å². The molecule has 1 aliphatic rings. The standard InChI is InChI=1S/C21H20N4O2/c26-21(27)17-5-2-1-4-16(17)18-8-7-15(12-24-18)14-25-11-3-6-20(25)19-13-22-9-10-23-19/h1-2,4-5,7-10,12-13,20H,3,6,11,14H2,(H,26,27)/t20-/m0/s1. The largest absolute Gasteiger partial charge is 0.478 e. The van der Waals surface area contributed by atoms with Crippen molar-refractivity contribution in [3.8, 4) is 11.3 Å². The van der Waals surface area contributed by atoms with Crippen molar-refractivity contribution in [3.05, 3.63) is 78.0 Å². The maximum Gasteiger partial charge on any atom is 0.336 e. The summed E-state index contributed by atoms with van der Waals surface area (Å²) < 4.78 is 0. The van der Waals surface area contributed by atoms with Gasteiger partial charge in [0.05, 0.1) is 23.0 Å². The second kappa shape index (κ2) is 7.63. The summed E-state index contributed by atoms with van der Waals surface area (Å²) in [6, 6.07) is 11.1. The quantitative estimate of drug-likeness (QED) is 0.749. The van der Waals surface area contributed by atoms with Crippen LogP contribution < -0.4 is 0 Å². The minimum absolute atomic E-state index is 0.264. The van der Waals surface area contributed by atoms with Crippen LogP contribution in [0.5, 0.6) is 0 Å². The van der Waals surface area contributed by atoms with E-state index in [1.807, 2.05) is 30.6 Å². The fraction of sp³-hybridized carbons (Fsp3) is 0.238. The van der Waals surface area contributed by atoms with Crippen LogP contribution in [0.1, 0.15) is 40.5 Å². The smallest absolute Gasteiger partial charge is 0.336 e. The first-order chi connectivity index (χ1) is 13.2. The van der Waals surface area contributed by atoms with Gasteiger partial charge in [-0.05, 0) is 37.1 Å². The summed E-state index contributed by atoms with van der Waals surface area (Å²) in [5.74, 6) is -0.944. The van der Waals surface area contributed by atoms with Crippen molar-refractivity contribution in [2.45, 2.75) is 25.4 Å². The summed E-state index contributed by atoms with van der Waals surface area (Å²) in [5.41, 5.74) is 3.68. The van der Waals surface area contributed by atoms with Crippen molar-refractivity contribution < 1.29 is 9.90 Å². The molecule has 2 aromatic heterocycles. The zero-order chi connectivity index (χ0) is 18.6. The van der Waals surface area contributed by atoms with Gasteiger partial charge in [0.2, 0.25) is 0 Å². The summed E-state index contributed by atoms with van der Waals surface area (Å²) in [4.78, 5) is 27.0. The number of hydrogen-bond acceptors (Lipinski definition) is 5. The van der Waals surface area contributed by atoms with Crippen LogP contribution in [0.2, 0.25) is 0 Å². The second-order valence-electron chi connectivity index (χ2n) is 6.66. The van der Waals surface area contributed by atoms with Crippen molar-refractivity contribution in [1.29, 1.82) is 0 Å². The van der Waals surface area contributed by atoms with E-state index in [2.05, 4.69) is 19.9 Å². The van der Waals surface area contributed by atoms with Gasteiger partial charge in [0.15, 0.2) is 0 Å². The van der Waals surface area contributed by atoms with Gasteiger partial charge in [0.1, 0.15) is 0 Å². The Morgan fingerprint density at radius 1 is 1.11 bits per heavy atom. The molecular weight excluding hydrogens is 340 g/mol. The monoisotopic (exact) mass is 360 g/mol. The lowest BCUT2D eigenvalue weighted by atomic mass is 10.0. The van der Waals surface area contributed by atoms with E-state index < -0.39 is 5.97 Å². The number of benzene rings is 1. The van der Waals surface area contributed by atoms with Gasteiger partial charge in [-0.3, -0.25) is 19.9 Å². The number of rotatable bonds is 5. The highest BCUT2D eigenvalue weighted by Crippen LogP contribution is 2.31. The van der Waals surface area contributed by atoms with Crippen LogP contribution in [0, 0.1) is 0 Å². The van der Waals surface area contributed by atoms with E-state index in [1.54, 1.807) is 30.6 Å². The van der Waals surface area contributed by atoms with Gasteiger partial charge in [0, 0.05) is 36.9 Å². The Bertz CT molecular complexity index is 928. The van der Waals surface area contributed by atoms with Crippen molar-refractivity contribution in [2.75, 3.05) is 6.54 Å². The number of hydrogen-bond donors (Lipinski definition) is 1. The number of likely N-dealkylation sites (tertiary alicyclic amines) is 1. The van der Waals surface area contributed by atoms with E-state index in [0.717, 1.165) is 37.2 Å². The van der Waals surface area contributed by atoms with Crippen LogP contribution in [0.3, 0.4) is 0 Å². The van der Waals surface area contributed by atoms with Crippen LogP contribution in [0.25, 0.3) is 11.3 Å². The van der Waals surface area contributed by atoms with Crippen molar-refractivity contribution in [3.63, 3.8) is 0 Å². The van der Waals surface area contributed by atoms with Gasteiger partial charge in [-0.25, -0.2) is 4.79 Å². The summed E-state index contributed by atoms with van der Waals surface area (Å²) >= 11 is 0. The zero-order valence-electron chi connectivity index (χ0n) is 14.8. The average molecular weight is 360 g/mol. The Labute approximate surface area is 157 Å². The van der Waals surface area contributed by atoms with Gasteiger partial charge >= 0.3 is 5.97 Å². The first-order valence-corrected chi connectivity index (χ1v) is 9.00. The second-order valence-corrected chi connectivity index (χ2v) is 6.66. The SMILES string of the molecule is O=C(O)c1ccccc1-c1ccc(CN2CCC[C@H]2c2cnccn2)cn1. The molecule has 27 heavy (non-hydrogen) atoms. The predicted molar refractivity (Wildman–Crippen MR) is 101 cm³/mol. The van der Waals surface area contributed by atoms with Crippen LogP contribution in [0.4, 0.5) is 0 Å². The molecule has 4 rings (SSSR count). The van der Waals surface area contributed by atoms with Crippen LogP contribution in [-0.4, -0.2) is 37.5 Å². The molecule has 1 fully saturated rings. The lowest BCUT2D eigenvalue weighted by molar-refractivity contribution is 0.0697. The number of carbonyl (C=O) groups is 1. The summed E-state index contributed by atoms with van der Waals surface area (Å²) in [6.45, 7) is 1.81. The summed E-state index contributed by atoms with van der Waals surface area (Å²) in [7, 11) is 0. The molecule has 0 aliphatic carbocycles. The number of aromatic nitrogens is 3. The Balaban J connectivity index is 1.53. The average Bonchev–Trinajstić information content (AvgIpc) is 3.17. The molecule has 1 atom stereocenters. The molecule has 6 nitrogen and oxygen atoms in total. The van der Waals surface area contributed by atoms with E-state index >= 15 is 0 Å². The fourth-order valence-corrected chi connectivity index (χ4v) is 3.64. The first kappa shape index (κ1) is 17.3. The maximum absolute atomic E-state index is 11.4. The highest BCUT2D eigenvalue weighted by molar-refractivity contribution is 5.95.